The Bertz CT molecular complexity index is 1090. The molecule has 0 radical (unpaired) electrons. The fourth-order valence-corrected chi connectivity index (χ4v) is 3.90. The third-order valence-corrected chi connectivity index (χ3v) is 5.30. The van der Waals surface area contributed by atoms with Gasteiger partial charge in [-0.15, -0.1) is 0 Å². The summed E-state index contributed by atoms with van der Waals surface area (Å²) in [5, 5.41) is 2.51. The molecular formula is C22H15N3O4. The molecule has 0 aromatic heterocycles. The standard InChI is InChI=1S/C22H15N3O4/c26-19(14-8-2-1-3-9-14)23-13-7-6-12-17-18(22(29)25(17)23)24-20(27)15-10-4-5-11-16(15)21(24)28/h1-13,17-18H. The number of imide groups is 1. The topological polar surface area (TPSA) is 78.0 Å². The minimum atomic E-state index is -0.982. The van der Waals surface area contributed by atoms with Gasteiger partial charge in [0.25, 0.3) is 23.6 Å². The fourth-order valence-electron chi connectivity index (χ4n) is 3.90. The van der Waals surface area contributed by atoms with Gasteiger partial charge in [-0.05, 0) is 30.3 Å². The Kier molecular flexibility index (Phi) is 3.70. The van der Waals surface area contributed by atoms with Crippen LogP contribution in [0.15, 0.2) is 79.0 Å². The van der Waals surface area contributed by atoms with Crippen LogP contribution in [-0.4, -0.2) is 50.6 Å². The van der Waals surface area contributed by atoms with E-state index in [2.05, 4.69) is 0 Å². The van der Waals surface area contributed by atoms with Crippen molar-refractivity contribution >= 4 is 23.6 Å². The summed E-state index contributed by atoms with van der Waals surface area (Å²) >= 11 is 0. The summed E-state index contributed by atoms with van der Waals surface area (Å²) < 4.78 is 0. The Hall–Kier alpha value is -4.00. The van der Waals surface area contributed by atoms with E-state index in [1.54, 1.807) is 72.8 Å². The number of hydrogen-bond acceptors (Lipinski definition) is 4. The van der Waals surface area contributed by atoms with Gasteiger partial charge in [0.05, 0.1) is 11.1 Å². The van der Waals surface area contributed by atoms with Crippen molar-refractivity contribution in [3.05, 3.63) is 95.7 Å². The largest absolute Gasteiger partial charge is 0.276 e. The third-order valence-electron chi connectivity index (χ3n) is 5.30. The van der Waals surface area contributed by atoms with Crippen LogP contribution < -0.4 is 0 Å². The fraction of sp³-hybridized carbons (Fsp3) is 0.0909. The summed E-state index contributed by atoms with van der Waals surface area (Å²) in [4.78, 5) is 52.6. The van der Waals surface area contributed by atoms with Crippen LogP contribution in [0.2, 0.25) is 0 Å². The van der Waals surface area contributed by atoms with Crippen molar-refractivity contribution < 1.29 is 19.2 Å². The first-order valence-electron chi connectivity index (χ1n) is 9.13. The van der Waals surface area contributed by atoms with Gasteiger partial charge < -0.3 is 0 Å². The van der Waals surface area contributed by atoms with Crippen LogP contribution in [0, 0.1) is 0 Å². The molecule has 3 aliphatic heterocycles. The van der Waals surface area contributed by atoms with Crippen LogP contribution in [0.3, 0.4) is 0 Å². The van der Waals surface area contributed by atoms with Crippen molar-refractivity contribution in [1.82, 2.24) is 14.9 Å². The van der Waals surface area contributed by atoms with Gasteiger partial charge in [0.2, 0.25) is 0 Å². The summed E-state index contributed by atoms with van der Waals surface area (Å²) in [5.74, 6) is -1.83. The number of benzene rings is 2. The average Bonchev–Trinajstić information content (AvgIpc) is 2.90. The van der Waals surface area contributed by atoms with E-state index in [4.69, 9.17) is 0 Å². The Labute approximate surface area is 166 Å². The Morgan fingerprint density at radius 2 is 1.41 bits per heavy atom. The van der Waals surface area contributed by atoms with E-state index in [1.807, 2.05) is 0 Å². The highest BCUT2D eigenvalue weighted by Gasteiger charge is 2.58. The van der Waals surface area contributed by atoms with Crippen LogP contribution in [0.5, 0.6) is 0 Å². The maximum atomic E-state index is 13.0. The summed E-state index contributed by atoms with van der Waals surface area (Å²) in [7, 11) is 0. The Balaban J connectivity index is 1.47. The number of nitrogens with zero attached hydrogens (tertiary/aromatic N) is 3. The van der Waals surface area contributed by atoms with Crippen LogP contribution in [-0.2, 0) is 4.79 Å². The van der Waals surface area contributed by atoms with E-state index in [0.29, 0.717) is 5.56 Å². The molecule has 2 aromatic rings. The molecule has 29 heavy (non-hydrogen) atoms. The van der Waals surface area contributed by atoms with E-state index in [9.17, 15) is 19.2 Å². The van der Waals surface area contributed by atoms with E-state index >= 15 is 0 Å². The minimum absolute atomic E-state index is 0.289. The molecule has 142 valence electrons. The molecule has 7 nitrogen and oxygen atoms in total. The molecule has 0 aliphatic carbocycles. The van der Waals surface area contributed by atoms with Crippen molar-refractivity contribution in [3.8, 4) is 0 Å². The van der Waals surface area contributed by atoms with Crippen molar-refractivity contribution in [2.75, 3.05) is 0 Å². The molecule has 0 spiro atoms. The number of carbonyl (C=O) groups excluding carboxylic acids is 4. The lowest BCUT2D eigenvalue weighted by atomic mass is 9.95. The number of rotatable bonds is 2. The second kappa shape index (κ2) is 6.27. The Morgan fingerprint density at radius 1 is 0.793 bits per heavy atom. The minimum Gasteiger partial charge on any atom is -0.270 e. The van der Waals surface area contributed by atoms with Gasteiger partial charge >= 0.3 is 0 Å². The van der Waals surface area contributed by atoms with E-state index in [-0.39, 0.29) is 17.0 Å². The molecule has 0 N–H and O–H groups in total. The third kappa shape index (κ3) is 2.37. The predicted octanol–water partition coefficient (Wildman–Crippen LogP) is 2.00. The van der Waals surface area contributed by atoms with Gasteiger partial charge in [-0.2, -0.15) is 0 Å². The molecule has 1 saturated heterocycles. The second-order valence-electron chi connectivity index (χ2n) is 6.89. The number of amides is 4. The zero-order valence-electron chi connectivity index (χ0n) is 15.1. The van der Waals surface area contributed by atoms with Crippen LogP contribution in [0.1, 0.15) is 31.1 Å². The summed E-state index contributed by atoms with van der Waals surface area (Å²) in [6, 6.07) is 13.5. The van der Waals surface area contributed by atoms with Gasteiger partial charge in [0.1, 0.15) is 12.1 Å². The van der Waals surface area contributed by atoms with E-state index < -0.39 is 29.8 Å². The van der Waals surface area contributed by atoms with Crippen molar-refractivity contribution in [2.45, 2.75) is 12.1 Å². The van der Waals surface area contributed by atoms with Crippen LogP contribution in [0.4, 0.5) is 0 Å². The van der Waals surface area contributed by atoms with Crippen molar-refractivity contribution in [2.24, 2.45) is 0 Å². The van der Waals surface area contributed by atoms with E-state index in [1.165, 1.54) is 16.2 Å². The molecule has 3 aliphatic rings. The molecule has 5 rings (SSSR count). The molecule has 0 bridgehead atoms. The van der Waals surface area contributed by atoms with E-state index in [0.717, 1.165) is 4.90 Å². The van der Waals surface area contributed by atoms with Crippen molar-refractivity contribution in [1.29, 1.82) is 0 Å². The van der Waals surface area contributed by atoms with Gasteiger partial charge in [0.15, 0.2) is 0 Å². The monoisotopic (exact) mass is 385 g/mol. The maximum Gasteiger partial charge on any atom is 0.276 e. The maximum absolute atomic E-state index is 13.0. The quantitative estimate of drug-likeness (QED) is 0.585. The molecule has 3 heterocycles. The lowest BCUT2D eigenvalue weighted by molar-refractivity contribution is -0.170. The highest BCUT2D eigenvalue weighted by Crippen LogP contribution is 2.35. The number of β-lactam (4-membered cyclic amide) rings is 1. The summed E-state index contributed by atoms with van der Waals surface area (Å²) in [6.45, 7) is 0. The summed E-state index contributed by atoms with van der Waals surface area (Å²) in [6.07, 6.45) is 6.56. The molecule has 0 saturated carbocycles. The lowest BCUT2D eigenvalue weighted by Crippen LogP contribution is -2.74. The molecule has 2 unspecified atom stereocenters. The van der Waals surface area contributed by atoms with Gasteiger partial charge in [-0.3, -0.25) is 24.1 Å². The van der Waals surface area contributed by atoms with Gasteiger partial charge in [0, 0.05) is 11.8 Å². The normalized spacial score (nSPS) is 22.3. The predicted molar refractivity (Wildman–Crippen MR) is 102 cm³/mol. The molecule has 2 atom stereocenters. The Morgan fingerprint density at radius 3 is 2.07 bits per heavy atom. The SMILES string of the molecule is O=C1c2ccccc2C(=O)N1C1C(=O)N2C1C=CC=CN2C(=O)c1ccccc1. The summed E-state index contributed by atoms with van der Waals surface area (Å²) in [5.41, 5.74) is 1.00. The number of carbonyl (C=O) groups is 4. The number of fused-ring (bicyclic) bond motifs is 2. The average molecular weight is 385 g/mol. The van der Waals surface area contributed by atoms with Crippen molar-refractivity contribution in [3.63, 3.8) is 0 Å². The number of hydrazine groups is 1. The van der Waals surface area contributed by atoms with Crippen LogP contribution >= 0.6 is 0 Å². The highest BCUT2D eigenvalue weighted by molar-refractivity contribution is 6.23. The second-order valence-corrected chi connectivity index (χ2v) is 6.89. The smallest absolute Gasteiger partial charge is 0.270 e. The molecular weight excluding hydrogens is 370 g/mol. The number of hydrogen-bond donors (Lipinski definition) is 0. The number of allylic oxidation sites excluding steroid dienone is 2. The molecule has 2 aromatic carbocycles. The van der Waals surface area contributed by atoms with Crippen LogP contribution in [0.25, 0.3) is 0 Å². The first-order valence-corrected chi connectivity index (χ1v) is 9.13. The zero-order valence-corrected chi connectivity index (χ0v) is 15.1. The zero-order chi connectivity index (χ0) is 20.1. The van der Waals surface area contributed by atoms with Gasteiger partial charge in [-0.25, -0.2) is 10.0 Å². The molecule has 7 heteroatoms. The molecule has 4 amide bonds. The first kappa shape index (κ1) is 17.1. The van der Waals surface area contributed by atoms with Gasteiger partial charge in [-0.1, -0.05) is 42.5 Å². The lowest BCUT2D eigenvalue weighted by Gasteiger charge is -2.50. The first-order chi connectivity index (χ1) is 14.1. The highest BCUT2D eigenvalue weighted by atomic mass is 16.2. The molecule has 1 fully saturated rings.